The van der Waals surface area contributed by atoms with Gasteiger partial charge in [-0.25, -0.2) is 5.43 Å². The standard InChI is InChI=1S/C16H18Cl2N2O2/c1-9(22-15-5-4-12(17)8-13(15)18)16(21)20-19-14-7-10-2-3-11(14)6-10/h4-5,8-11H,2-3,6-7H2,1H3,(H,20,21)/b19-14+/t9-,10-,11-/m1/s1. The minimum Gasteiger partial charge on any atom is -0.479 e. The van der Waals surface area contributed by atoms with Gasteiger partial charge in [-0.2, -0.15) is 5.10 Å². The van der Waals surface area contributed by atoms with Crippen LogP contribution in [0, 0.1) is 11.8 Å². The van der Waals surface area contributed by atoms with Crippen molar-refractivity contribution in [2.45, 2.75) is 38.7 Å². The zero-order valence-corrected chi connectivity index (χ0v) is 13.8. The van der Waals surface area contributed by atoms with Crippen molar-refractivity contribution in [3.63, 3.8) is 0 Å². The Morgan fingerprint density at radius 2 is 2.23 bits per heavy atom. The molecule has 0 aromatic heterocycles. The number of nitrogens with zero attached hydrogens (tertiary/aromatic N) is 1. The summed E-state index contributed by atoms with van der Waals surface area (Å²) in [6.07, 6.45) is 4.06. The summed E-state index contributed by atoms with van der Waals surface area (Å²) in [7, 11) is 0. The Labute approximate surface area is 139 Å². The highest BCUT2D eigenvalue weighted by Gasteiger charge is 2.36. The minimum atomic E-state index is -0.679. The lowest BCUT2D eigenvalue weighted by atomic mass is 9.99. The normalized spacial score (nSPS) is 26.2. The molecule has 3 atom stereocenters. The maximum absolute atomic E-state index is 12.1. The summed E-state index contributed by atoms with van der Waals surface area (Å²) in [6, 6.07) is 4.90. The Hall–Kier alpha value is -1.26. The summed E-state index contributed by atoms with van der Waals surface area (Å²) in [6.45, 7) is 1.67. The van der Waals surface area contributed by atoms with Gasteiger partial charge in [0.25, 0.3) is 5.91 Å². The Bertz CT molecular complexity index is 618. The third kappa shape index (κ3) is 3.39. The molecule has 0 spiro atoms. The van der Waals surface area contributed by atoms with Gasteiger partial charge in [-0.3, -0.25) is 4.79 Å². The van der Waals surface area contributed by atoms with E-state index in [4.69, 9.17) is 27.9 Å². The second-order valence-electron chi connectivity index (χ2n) is 5.99. The quantitative estimate of drug-likeness (QED) is 0.840. The molecular formula is C16H18Cl2N2O2. The fourth-order valence-corrected chi connectivity index (χ4v) is 3.65. The van der Waals surface area contributed by atoms with Crippen molar-refractivity contribution in [1.29, 1.82) is 0 Å². The summed E-state index contributed by atoms with van der Waals surface area (Å²) < 4.78 is 5.57. The van der Waals surface area contributed by atoms with Crippen LogP contribution in [0.3, 0.4) is 0 Å². The fraction of sp³-hybridized carbons (Fsp3) is 0.500. The SMILES string of the molecule is C[C@@H](Oc1ccc(Cl)cc1Cl)C(=O)N/N=C1\C[C@@H]2CC[C@@H]1C2. The lowest BCUT2D eigenvalue weighted by molar-refractivity contribution is -0.127. The molecule has 0 unspecified atom stereocenters. The molecule has 2 bridgehead atoms. The van der Waals surface area contributed by atoms with Crippen molar-refractivity contribution >= 4 is 34.8 Å². The molecule has 1 amide bonds. The van der Waals surface area contributed by atoms with Crippen LogP contribution in [0.2, 0.25) is 10.0 Å². The Morgan fingerprint density at radius 3 is 2.86 bits per heavy atom. The van der Waals surface area contributed by atoms with Crippen LogP contribution >= 0.6 is 23.2 Å². The molecule has 4 nitrogen and oxygen atoms in total. The van der Waals surface area contributed by atoms with E-state index in [-0.39, 0.29) is 5.91 Å². The summed E-state index contributed by atoms with van der Waals surface area (Å²) in [5.41, 5.74) is 3.74. The first-order chi connectivity index (χ1) is 10.5. The first kappa shape index (κ1) is 15.6. The van der Waals surface area contributed by atoms with Gasteiger partial charge in [0.05, 0.1) is 5.02 Å². The molecule has 6 heteroatoms. The minimum absolute atomic E-state index is 0.277. The topological polar surface area (TPSA) is 50.7 Å². The van der Waals surface area contributed by atoms with Crippen LogP contribution in [-0.2, 0) is 4.79 Å². The highest BCUT2D eigenvalue weighted by molar-refractivity contribution is 6.35. The van der Waals surface area contributed by atoms with Crippen molar-refractivity contribution in [2.24, 2.45) is 16.9 Å². The van der Waals surface area contributed by atoms with E-state index in [1.165, 1.54) is 19.3 Å². The van der Waals surface area contributed by atoms with Gasteiger partial charge in [0.15, 0.2) is 6.10 Å². The van der Waals surface area contributed by atoms with Gasteiger partial charge in [0, 0.05) is 10.7 Å². The molecule has 22 heavy (non-hydrogen) atoms. The van der Waals surface area contributed by atoms with Crippen LogP contribution in [0.15, 0.2) is 23.3 Å². The molecule has 2 saturated carbocycles. The summed E-state index contributed by atoms with van der Waals surface area (Å²) in [5, 5.41) is 5.19. The van der Waals surface area contributed by atoms with Crippen molar-refractivity contribution in [2.75, 3.05) is 0 Å². The molecule has 3 rings (SSSR count). The highest BCUT2D eigenvalue weighted by Crippen LogP contribution is 2.42. The zero-order chi connectivity index (χ0) is 15.7. The summed E-state index contributed by atoms with van der Waals surface area (Å²) in [5.74, 6) is 1.48. The van der Waals surface area contributed by atoms with Gasteiger partial charge in [-0.1, -0.05) is 23.2 Å². The average molecular weight is 341 g/mol. The fourth-order valence-electron chi connectivity index (χ4n) is 3.19. The van der Waals surface area contributed by atoms with Crippen LogP contribution < -0.4 is 10.2 Å². The highest BCUT2D eigenvalue weighted by atomic mass is 35.5. The first-order valence-electron chi connectivity index (χ1n) is 7.51. The van der Waals surface area contributed by atoms with E-state index >= 15 is 0 Å². The van der Waals surface area contributed by atoms with E-state index < -0.39 is 6.10 Å². The molecule has 2 aliphatic rings. The van der Waals surface area contributed by atoms with Gasteiger partial charge >= 0.3 is 0 Å². The number of halogens is 2. The molecular weight excluding hydrogens is 323 g/mol. The molecule has 0 aliphatic heterocycles. The number of rotatable bonds is 4. The predicted octanol–water partition coefficient (Wildman–Crippen LogP) is 4.05. The average Bonchev–Trinajstić information content (AvgIpc) is 3.10. The molecule has 0 saturated heterocycles. The van der Waals surface area contributed by atoms with Crippen LogP contribution in [0.25, 0.3) is 0 Å². The van der Waals surface area contributed by atoms with Gasteiger partial charge in [-0.05, 0) is 62.6 Å². The van der Waals surface area contributed by atoms with E-state index in [1.54, 1.807) is 25.1 Å². The molecule has 0 heterocycles. The Kier molecular flexibility index (Phi) is 4.59. The third-order valence-corrected chi connectivity index (χ3v) is 4.92. The van der Waals surface area contributed by atoms with Crippen molar-refractivity contribution < 1.29 is 9.53 Å². The second-order valence-corrected chi connectivity index (χ2v) is 6.84. The van der Waals surface area contributed by atoms with Crippen molar-refractivity contribution in [3.05, 3.63) is 28.2 Å². The van der Waals surface area contributed by atoms with Crippen LogP contribution in [0.1, 0.15) is 32.6 Å². The predicted molar refractivity (Wildman–Crippen MR) is 87.6 cm³/mol. The van der Waals surface area contributed by atoms with E-state index in [2.05, 4.69) is 10.5 Å². The Morgan fingerprint density at radius 1 is 1.41 bits per heavy atom. The molecule has 118 valence electrons. The van der Waals surface area contributed by atoms with Gasteiger partial charge in [0.2, 0.25) is 0 Å². The number of hydrazone groups is 1. The number of fused-ring (bicyclic) bond motifs is 2. The van der Waals surface area contributed by atoms with E-state index in [0.717, 1.165) is 18.1 Å². The van der Waals surface area contributed by atoms with E-state index in [0.29, 0.717) is 21.7 Å². The summed E-state index contributed by atoms with van der Waals surface area (Å²) in [4.78, 5) is 12.1. The van der Waals surface area contributed by atoms with E-state index in [1.807, 2.05) is 0 Å². The molecule has 1 aromatic carbocycles. The lowest BCUT2D eigenvalue weighted by Gasteiger charge is -2.16. The molecule has 2 fully saturated rings. The number of carbonyl (C=O) groups excluding carboxylic acids is 1. The molecule has 0 radical (unpaired) electrons. The molecule has 1 aromatic rings. The van der Waals surface area contributed by atoms with Crippen LogP contribution in [0.4, 0.5) is 0 Å². The number of carbonyl (C=O) groups is 1. The van der Waals surface area contributed by atoms with Crippen molar-refractivity contribution in [3.8, 4) is 5.75 Å². The monoisotopic (exact) mass is 340 g/mol. The number of benzene rings is 1. The van der Waals surface area contributed by atoms with Crippen molar-refractivity contribution in [1.82, 2.24) is 5.43 Å². The molecule has 2 aliphatic carbocycles. The van der Waals surface area contributed by atoms with Gasteiger partial charge in [0.1, 0.15) is 5.75 Å². The van der Waals surface area contributed by atoms with Crippen LogP contribution in [-0.4, -0.2) is 17.7 Å². The van der Waals surface area contributed by atoms with Gasteiger partial charge in [-0.15, -0.1) is 0 Å². The molecule has 1 N–H and O–H groups in total. The number of amides is 1. The first-order valence-corrected chi connectivity index (χ1v) is 8.26. The number of ether oxygens (including phenoxy) is 1. The number of hydrogen-bond donors (Lipinski definition) is 1. The largest absolute Gasteiger partial charge is 0.479 e. The Balaban J connectivity index is 1.57. The van der Waals surface area contributed by atoms with Gasteiger partial charge < -0.3 is 4.74 Å². The zero-order valence-electron chi connectivity index (χ0n) is 12.3. The maximum Gasteiger partial charge on any atom is 0.280 e. The number of hydrogen-bond acceptors (Lipinski definition) is 3. The van der Waals surface area contributed by atoms with Crippen LogP contribution in [0.5, 0.6) is 5.75 Å². The number of nitrogens with one attached hydrogen (secondary N) is 1. The van der Waals surface area contributed by atoms with E-state index in [9.17, 15) is 4.79 Å². The lowest BCUT2D eigenvalue weighted by Crippen LogP contribution is -2.34. The second kappa shape index (κ2) is 6.47. The maximum atomic E-state index is 12.1. The third-order valence-electron chi connectivity index (χ3n) is 4.39. The summed E-state index contributed by atoms with van der Waals surface area (Å²) >= 11 is 11.9. The smallest absolute Gasteiger partial charge is 0.280 e.